The van der Waals surface area contributed by atoms with Gasteiger partial charge in [0.05, 0.1) is 40.1 Å². The highest BCUT2D eigenvalue weighted by Crippen LogP contribution is 2.43. The maximum Gasteiger partial charge on any atom is 0.328 e. The van der Waals surface area contributed by atoms with E-state index in [0.717, 1.165) is 76.5 Å². The number of amides is 2. The first-order valence-electron chi connectivity index (χ1n) is 20.1. The summed E-state index contributed by atoms with van der Waals surface area (Å²) < 4.78 is 29.7. The van der Waals surface area contributed by atoms with E-state index < -0.39 is 24.3 Å². The summed E-state index contributed by atoms with van der Waals surface area (Å²) >= 11 is 0. The lowest BCUT2D eigenvalue weighted by molar-refractivity contribution is -0.276. The molecule has 1 saturated heterocycles. The summed E-state index contributed by atoms with van der Waals surface area (Å²) in [4.78, 5) is 27.8. The number of carbonyl (C=O) groups excluding carboxylic acids is 2. The molecule has 0 radical (unpaired) electrons. The fourth-order valence-electron chi connectivity index (χ4n) is 7.95. The number of nitrogens with one attached hydrogen (secondary N) is 2. The summed E-state index contributed by atoms with van der Waals surface area (Å²) in [5.41, 5.74) is 9.12. The van der Waals surface area contributed by atoms with Gasteiger partial charge in [0.25, 0.3) is 0 Å². The molecule has 0 aromatic heterocycles. The molecule has 0 aliphatic carbocycles. The van der Waals surface area contributed by atoms with Crippen molar-refractivity contribution in [2.24, 2.45) is 5.92 Å². The van der Waals surface area contributed by atoms with Gasteiger partial charge >= 0.3 is 12.0 Å². The van der Waals surface area contributed by atoms with Crippen molar-refractivity contribution in [1.29, 1.82) is 0 Å². The SMILES string of the molecule is COC(=O)[C@H](Cc1ccccc1)NC(=O)NCc1cccc(-c2ccc([C@H]3O[C@@H](CN4CCc5cc(OC)c(OC)cc5C4)[C@@H](C)[C@@H](c4ccc(CO)cc4)O3)cc2)c1. The van der Waals surface area contributed by atoms with E-state index in [0.29, 0.717) is 6.42 Å². The number of benzene rings is 5. The number of aliphatic hydroxyl groups excluding tert-OH is 1. The molecule has 0 unspecified atom stereocenters. The standard InChI is InChI=1S/C48H53N3O8/c1-31-44(29-51-22-21-39-25-42(55-2)43(56-3)26-40(39)28-51)58-47(59-45(31)36-15-13-33(30-52)14-16-36)37-19-17-35(18-20-37)38-12-8-11-34(23-38)27-49-48(54)50-41(46(53)57-4)24-32-9-6-5-7-10-32/h5-20,23,25-26,31,41,44-45,47,52H,21-22,24,27-30H2,1-4H3,(H2,49,50,54)/t31-,41+,44+,45+,47+/m1/s1. The summed E-state index contributed by atoms with van der Waals surface area (Å²) in [5.74, 6) is 1.02. The molecule has 11 nitrogen and oxygen atoms in total. The third-order valence-corrected chi connectivity index (χ3v) is 11.3. The minimum atomic E-state index is -0.818. The van der Waals surface area contributed by atoms with E-state index in [1.165, 1.54) is 18.2 Å². The van der Waals surface area contributed by atoms with Crippen LogP contribution in [0.3, 0.4) is 0 Å². The number of carbonyl (C=O) groups is 2. The van der Waals surface area contributed by atoms with Crippen molar-refractivity contribution in [3.05, 3.63) is 154 Å². The van der Waals surface area contributed by atoms with Crippen LogP contribution in [0.1, 0.15) is 58.3 Å². The van der Waals surface area contributed by atoms with Crippen molar-refractivity contribution in [3.8, 4) is 22.6 Å². The van der Waals surface area contributed by atoms with Crippen LogP contribution in [0.15, 0.2) is 115 Å². The molecule has 5 atom stereocenters. The molecular weight excluding hydrogens is 747 g/mol. The Morgan fingerprint density at radius 1 is 0.780 bits per heavy atom. The second kappa shape index (κ2) is 19.4. The van der Waals surface area contributed by atoms with Gasteiger partial charge in [0.1, 0.15) is 6.04 Å². The molecule has 2 aliphatic heterocycles. The number of fused-ring (bicyclic) bond motifs is 1. The van der Waals surface area contributed by atoms with Crippen molar-refractivity contribution in [3.63, 3.8) is 0 Å². The van der Waals surface area contributed by atoms with Gasteiger partial charge in [-0.3, -0.25) is 4.90 Å². The molecule has 5 aromatic carbocycles. The Labute approximate surface area is 346 Å². The smallest absolute Gasteiger partial charge is 0.328 e. The summed E-state index contributed by atoms with van der Waals surface area (Å²) in [6.45, 7) is 4.84. The van der Waals surface area contributed by atoms with Crippen LogP contribution in [0.25, 0.3) is 11.1 Å². The highest BCUT2D eigenvalue weighted by molar-refractivity contribution is 5.83. The molecule has 0 saturated carbocycles. The minimum Gasteiger partial charge on any atom is -0.493 e. The van der Waals surface area contributed by atoms with Crippen LogP contribution in [0, 0.1) is 5.92 Å². The normalized spacial score (nSPS) is 19.5. The Bertz CT molecular complexity index is 2180. The second-order valence-corrected chi connectivity index (χ2v) is 15.2. The zero-order valence-electron chi connectivity index (χ0n) is 34.1. The Balaban J connectivity index is 1.03. The van der Waals surface area contributed by atoms with Gasteiger partial charge in [-0.15, -0.1) is 0 Å². The minimum absolute atomic E-state index is 0.0173. The number of hydrogen-bond acceptors (Lipinski definition) is 9. The summed E-state index contributed by atoms with van der Waals surface area (Å²) in [5, 5.41) is 15.3. The van der Waals surface area contributed by atoms with E-state index in [1.54, 1.807) is 14.2 Å². The first-order chi connectivity index (χ1) is 28.7. The van der Waals surface area contributed by atoms with Gasteiger partial charge in [-0.05, 0) is 69.1 Å². The van der Waals surface area contributed by atoms with Crippen molar-refractivity contribution in [2.45, 2.75) is 64.0 Å². The number of hydrogen-bond donors (Lipinski definition) is 3. The van der Waals surface area contributed by atoms with Gasteiger partial charge in [-0.2, -0.15) is 0 Å². The molecule has 1 fully saturated rings. The van der Waals surface area contributed by atoms with E-state index in [1.807, 2.05) is 91.0 Å². The van der Waals surface area contributed by atoms with Gasteiger partial charge in [0, 0.05) is 44.1 Å². The molecule has 0 spiro atoms. The molecule has 7 rings (SSSR count). The van der Waals surface area contributed by atoms with E-state index in [-0.39, 0.29) is 31.3 Å². The average molecular weight is 800 g/mol. The second-order valence-electron chi connectivity index (χ2n) is 15.2. The van der Waals surface area contributed by atoms with Crippen LogP contribution >= 0.6 is 0 Å². The average Bonchev–Trinajstić information content (AvgIpc) is 3.28. The predicted octanol–water partition coefficient (Wildman–Crippen LogP) is 7.30. The molecule has 11 heteroatoms. The highest BCUT2D eigenvalue weighted by Gasteiger charge is 2.39. The zero-order chi connectivity index (χ0) is 41.3. The van der Waals surface area contributed by atoms with Gasteiger partial charge in [-0.25, -0.2) is 9.59 Å². The summed E-state index contributed by atoms with van der Waals surface area (Å²) in [6, 6.07) is 36.6. The van der Waals surface area contributed by atoms with Crippen molar-refractivity contribution < 1.29 is 38.4 Å². The van der Waals surface area contributed by atoms with E-state index in [4.69, 9.17) is 23.7 Å². The maximum atomic E-state index is 12.9. The third kappa shape index (κ3) is 10.1. The number of nitrogens with zero attached hydrogens (tertiary/aromatic N) is 1. The van der Waals surface area contributed by atoms with Crippen LogP contribution in [0.4, 0.5) is 4.79 Å². The van der Waals surface area contributed by atoms with E-state index in [9.17, 15) is 14.7 Å². The largest absolute Gasteiger partial charge is 0.493 e. The zero-order valence-corrected chi connectivity index (χ0v) is 34.1. The number of ether oxygens (including phenoxy) is 5. The fourth-order valence-corrected chi connectivity index (χ4v) is 7.95. The molecular formula is C48H53N3O8. The van der Waals surface area contributed by atoms with Gasteiger partial charge in [0.15, 0.2) is 17.8 Å². The predicted molar refractivity (Wildman–Crippen MR) is 225 cm³/mol. The third-order valence-electron chi connectivity index (χ3n) is 11.3. The lowest BCUT2D eigenvalue weighted by atomic mass is 9.89. The monoisotopic (exact) mass is 799 g/mol. The van der Waals surface area contributed by atoms with E-state index in [2.05, 4.69) is 46.7 Å². The molecule has 59 heavy (non-hydrogen) atoms. The lowest BCUT2D eigenvalue weighted by Gasteiger charge is -2.43. The molecule has 2 amide bonds. The van der Waals surface area contributed by atoms with Gasteiger partial charge in [-0.1, -0.05) is 104 Å². The first kappa shape index (κ1) is 41.4. The number of urea groups is 1. The lowest BCUT2D eigenvalue weighted by Crippen LogP contribution is -2.47. The van der Waals surface area contributed by atoms with Crippen molar-refractivity contribution >= 4 is 12.0 Å². The van der Waals surface area contributed by atoms with Crippen molar-refractivity contribution in [1.82, 2.24) is 15.5 Å². The van der Waals surface area contributed by atoms with Crippen LogP contribution < -0.4 is 20.1 Å². The molecule has 308 valence electrons. The number of methoxy groups -OCH3 is 3. The van der Waals surface area contributed by atoms with Crippen molar-refractivity contribution in [2.75, 3.05) is 34.4 Å². The first-order valence-corrected chi connectivity index (χ1v) is 20.1. The van der Waals surface area contributed by atoms with Gasteiger partial charge in [0.2, 0.25) is 0 Å². The summed E-state index contributed by atoms with van der Waals surface area (Å²) in [6.07, 6.45) is 0.273. The maximum absolute atomic E-state index is 12.9. The Morgan fingerprint density at radius 3 is 2.17 bits per heavy atom. The highest BCUT2D eigenvalue weighted by atomic mass is 16.7. The Morgan fingerprint density at radius 2 is 1.47 bits per heavy atom. The Hall–Kier alpha value is -5.72. The van der Waals surface area contributed by atoms with Crippen LogP contribution in [0.2, 0.25) is 0 Å². The Kier molecular flexibility index (Phi) is 13.6. The van der Waals surface area contributed by atoms with E-state index >= 15 is 0 Å². The van der Waals surface area contributed by atoms with Crippen LogP contribution in [0.5, 0.6) is 11.5 Å². The summed E-state index contributed by atoms with van der Waals surface area (Å²) in [7, 11) is 4.65. The number of esters is 1. The fraction of sp³-hybridized carbons (Fsp3) is 0.333. The van der Waals surface area contributed by atoms with Crippen LogP contribution in [-0.2, 0) is 51.5 Å². The quantitative estimate of drug-likeness (QED) is 0.0993. The van der Waals surface area contributed by atoms with Gasteiger partial charge < -0.3 is 39.4 Å². The molecule has 5 aromatic rings. The van der Waals surface area contributed by atoms with Crippen LogP contribution in [-0.4, -0.2) is 68.6 Å². The molecule has 2 aliphatic rings. The number of rotatable bonds is 14. The molecule has 0 bridgehead atoms. The molecule has 3 N–H and O–H groups in total. The number of aliphatic hydroxyl groups is 1. The topological polar surface area (TPSA) is 128 Å². The molecule has 2 heterocycles.